The Bertz CT molecular complexity index is 662. The van der Waals surface area contributed by atoms with E-state index in [1.165, 1.54) is 0 Å². The molecular formula is C14H14ClNO3. The van der Waals surface area contributed by atoms with E-state index in [9.17, 15) is 4.79 Å². The molecule has 1 heterocycles. The van der Waals surface area contributed by atoms with Crippen molar-refractivity contribution in [1.82, 2.24) is 4.98 Å². The molecule has 1 aliphatic rings. The van der Waals surface area contributed by atoms with Crippen LogP contribution >= 0.6 is 11.6 Å². The van der Waals surface area contributed by atoms with Crippen molar-refractivity contribution in [3.63, 3.8) is 0 Å². The molecule has 2 N–H and O–H groups in total. The number of hydrogen-bond donors (Lipinski definition) is 2. The zero-order chi connectivity index (χ0) is 13.6. The fourth-order valence-electron chi connectivity index (χ4n) is 2.79. The van der Waals surface area contributed by atoms with Crippen LogP contribution in [0.15, 0.2) is 12.1 Å². The summed E-state index contributed by atoms with van der Waals surface area (Å²) >= 11 is 6.11. The lowest BCUT2D eigenvalue weighted by Crippen LogP contribution is -2.21. The minimum atomic E-state index is -0.721. The van der Waals surface area contributed by atoms with Crippen LogP contribution in [-0.4, -0.2) is 23.2 Å². The summed E-state index contributed by atoms with van der Waals surface area (Å²) in [6.07, 6.45) is 2.01. The third kappa shape index (κ3) is 1.96. The smallest absolute Gasteiger partial charge is 0.306 e. The second-order valence-electron chi connectivity index (χ2n) is 4.89. The molecule has 1 aromatic heterocycles. The van der Waals surface area contributed by atoms with Gasteiger partial charge in [0.15, 0.2) is 0 Å². The molecule has 1 atom stereocenters. The van der Waals surface area contributed by atoms with Gasteiger partial charge in [0.25, 0.3) is 0 Å². The minimum absolute atomic E-state index is 0.298. The number of carboxylic acids is 1. The Morgan fingerprint density at radius 3 is 3.00 bits per heavy atom. The summed E-state index contributed by atoms with van der Waals surface area (Å²) in [7, 11) is 1.58. The number of nitrogens with one attached hydrogen (secondary N) is 1. The van der Waals surface area contributed by atoms with Crippen LogP contribution in [0, 0.1) is 5.92 Å². The number of benzene rings is 1. The third-order valence-corrected chi connectivity index (χ3v) is 4.10. The van der Waals surface area contributed by atoms with Crippen LogP contribution in [0.5, 0.6) is 5.75 Å². The molecule has 4 nitrogen and oxygen atoms in total. The van der Waals surface area contributed by atoms with Gasteiger partial charge in [0, 0.05) is 16.6 Å². The molecule has 19 heavy (non-hydrogen) atoms. The summed E-state index contributed by atoms with van der Waals surface area (Å²) in [5.74, 6) is -0.400. The first-order valence-electron chi connectivity index (χ1n) is 6.20. The van der Waals surface area contributed by atoms with E-state index < -0.39 is 5.97 Å². The summed E-state index contributed by atoms with van der Waals surface area (Å²) in [5, 5.41) is 10.7. The average molecular weight is 280 g/mol. The molecule has 100 valence electrons. The number of aliphatic carboxylic acids is 1. The van der Waals surface area contributed by atoms with Gasteiger partial charge >= 0.3 is 5.97 Å². The molecule has 0 aliphatic heterocycles. The first-order valence-corrected chi connectivity index (χ1v) is 6.57. The molecule has 0 saturated carbocycles. The predicted octanol–water partition coefficient (Wildman–Crippen LogP) is 3.02. The summed E-state index contributed by atoms with van der Waals surface area (Å²) in [6.45, 7) is 0. The van der Waals surface area contributed by atoms with Crippen molar-refractivity contribution in [3.8, 4) is 5.75 Å². The van der Waals surface area contributed by atoms with Gasteiger partial charge in [-0.05, 0) is 37.0 Å². The topological polar surface area (TPSA) is 62.3 Å². The van der Waals surface area contributed by atoms with Crippen LogP contribution < -0.4 is 4.74 Å². The van der Waals surface area contributed by atoms with E-state index in [1.54, 1.807) is 7.11 Å². The SMILES string of the molecule is COc1cc2c3c([nH]c2cc1Cl)CCC(C(=O)O)C3. The van der Waals surface area contributed by atoms with E-state index in [2.05, 4.69) is 4.98 Å². The van der Waals surface area contributed by atoms with Gasteiger partial charge in [-0.15, -0.1) is 0 Å². The zero-order valence-corrected chi connectivity index (χ0v) is 11.3. The number of fused-ring (bicyclic) bond motifs is 3. The molecule has 0 bridgehead atoms. The van der Waals surface area contributed by atoms with Crippen molar-refractivity contribution in [2.45, 2.75) is 19.3 Å². The largest absolute Gasteiger partial charge is 0.495 e. The maximum atomic E-state index is 11.1. The Hall–Kier alpha value is -1.68. The van der Waals surface area contributed by atoms with Crippen LogP contribution in [-0.2, 0) is 17.6 Å². The average Bonchev–Trinajstić information content (AvgIpc) is 2.73. The highest BCUT2D eigenvalue weighted by atomic mass is 35.5. The number of carboxylic acid groups (broad SMARTS) is 1. The van der Waals surface area contributed by atoms with Crippen molar-refractivity contribution in [2.75, 3.05) is 7.11 Å². The van der Waals surface area contributed by atoms with Gasteiger partial charge in [0.05, 0.1) is 18.1 Å². The van der Waals surface area contributed by atoms with Gasteiger partial charge in [-0.25, -0.2) is 0 Å². The summed E-state index contributed by atoms with van der Waals surface area (Å²) in [5.41, 5.74) is 3.15. The Labute approximate surface area is 115 Å². The second-order valence-corrected chi connectivity index (χ2v) is 5.30. The van der Waals surface area contributed by atoms with E-state index in [1.807, 2.05) is 12.1 Å². The highest BCUT2D eigenvalue weighted by molar-refractivity contribution is 6.32. The van der Waals surface area contributed by atoms with Crippen LogP contribution in [0.2, 0.25) is 5.02 Å². The summed E-state index contributed by atoms with van der Waals surface area (Å²) < 4.78 is 5.23. The molecule has 0 saturated heterocycles. The number of ether oxygens (including phenoxy) is 1. The van der Waals surface area contributed by atoms with Crippen LogP contribution in [0.3, 0.4) is 0 Å². The number of carbonyl (C=O) groups is 1. The van der Waals surface area contributed by atoms with E-state index in [0.29, 0.717) is 23.6 Å². The molecule has 0 radical (unpaired) electrons. The maximum Gasteiger partial charge on any atom is 0.306 e. The van der Waals surface area contributed by atoms with E-state index >= 15 is 0 Å². The van der Waals surface area contributed by atoms with Crippen LogP contribution in [0.1, 0.15) is 17.7 Å². The van der Waals surface area contributed by atoms with Crippen LogP contribution in [0.4, 0.5) is 0 Å². The number of methoxy groups -OCH3 is 1. The molecule has 1 aliphatic carbocycles. The van der Waals surface area contributed by atoms with Gasteiger partial charge in [0.1, 0.15) is 5.75 Å². The van der Waals surface area contributed by atoms with Gasteiger partial charge in [-0.1, -0.05) is 11.6 Å². The third-order valence-electron chi connectivity index (χ3n) is 3.81. The number of aromatic amines is 1. The van der Waals surface area contributed by atoms with Crippen molar-refractivity contribution in [1.29, 1.82) is 0 Å². The van der Waals surface area contributed by atoms with Gasteiger partial charge in [-0.2, -0.15) is 0 Å². The lowest BCUT2D eigenvalue weighted by atomic mass is 9.86. The van der Waals surface area contributed by atoms with Crippen molar-refractivity contribution in [2.24, 2.45) is 5.92 Å². The summed E-state index contributed by atoms with van der Waals surface area (Å²) in [6, 6.07) is 3.72. The molecule has 3 rings (SSSR count). The Morgan fingerprint density at radius 2 is 2.32 bits per heavy atom. The monoisotopic (exact) mass is 279 g/mol. The molecule has 0 amide bonds. The molecule has 0 spiro atoms. The van der Waals surface area contributed by atoms with E-state index in [0.717, 1.165) is 28.6 Å². The number of hydrogen-bond acceptors (Lipinski definition) is 2. The Morgan fingerprint density at radius 1 is 1.53 bits per heavy atom. The Balaban J connectivity index is 2.14. The second kappa shape index (κ2) is 4.46. The number of aryl methyl sites for hydroxylation is 1. The fourth-order valence-corrected chi connectivity index (χ4v) is 3.03. The first-order chi connectivity index (χ1) is 9.10. The first kappa shape index (κ1) is 12.4. The number of rotatable bonds is 2. The van der Waals surface area contributed by atoms with Gasteiger partial charge in [-0.3, -0.25) is 4.79 Å². The standard InChI is InChI=1S/C14H14ClNO3/c1-19-13-5-9-8-4-7(14(17)18)2-3-11(8)16-12(9)6-10(13)15/h5-7,16H,2-4H2,1H3,(H,17,18). The maximum absolute atomic E-state index is 11.1. The van der Waals surface area contributed by atoms with E-state index in [-0.39, 0.29) is 5.92 Å². The van der Waals surface area contributed by atoms with Crippen molar-refractivity contribution >= 4 is 28.5 Å². The normalized spacial score (nSPS) is 18.3. The molecule has 5 heteroatoms. The lowest BCUT2D eigenvalue weighted by molar-refractivity contribution is -0.142. The minimum Gasteiger partial charge on any atom is -0.495 e. The van der Waals surface area contributed by atoms with Gasteiger partial charge < -0.3 is 14.8 Å². The van der Waals surface area contributed by atoms with Gasteiger partial charge in [0.2, 0.25) is 0 Å². The lowest BCUT2D eigenvalue weighted by Gasteiger charge is -2.18. The fraction of sp³-hybridized carbons (Fsp3) is 0.357. The highest BCUT2D eigenvalue weighted by Crippen LogP contribution is 2.36. The number of H-pyrrole nitrogens is 1. The molecule has 1 aromatic carbocycles. The van der Waals surface area contributed by atoms with Crippen molar-refractivity contribution < 1.29 is 14.6 Å². The zero-order valence-electron chi connectivity index (χ0n) is 10.5. The van der Waals surface area contributed by atoms with Crippen LogP contribution in [0.25, 0.3) is 10.9 Å². The molecule has 1 unspecified atom stereocenters. The molecule has 0 fully saturated rings. The quantitative estimate of drug-likeness (QED) is 0.888. The number of halogens is 1. The molecular weight excluding hydrogens is 266 g/mol. The number of aromatic nitrogens is 1. The highest BCUT2D eigenvalue weighted by Gasteiger charge is 2.27. The predicted molar refractivity (Wildman–Crippen MR) is 73.0 cm³/mol. The Kier molecular flexibility index (Phi) is 2.90. The summed E-state index contributed by atoms with van der Waals surface area (Å²) in [4.78, 5) is 14.5. The van der Waals surface area contributed by atoms with E-state index in [4.69, 9.17) is 21.4 Å². The molecule has 2 aromatic rings. The van der Waals surface area contributed by atoms with Crippen molar-refractivity contribution in [3.05, 3.63) is 28.4 Å².